The number of unbranched alkanes of at least 4 members (excludes halogenated alkanes) is 1. The van der Waals surface area contributed by atoms with Crippen molar-refractivity contribution in [2.24, 2.45) is 5.73 Å². The van der Waals surface area contributed by atoms with E-state index < -0.39 is 0 Å². The molecule has 0 radical (unpaired) electrons. The van der Waals surface area contributed by atoms with Gasteiger partial charge in [-0.2, -0.15) is 0 Å². The van der Waals surface area contributed by atoms with E-state index in [4.69, 9.17) is 5.73 Å². The number of nitrogens with zero attached hydrogens (tertiary/aromatic N) is 1. The summed E-state index contributed by atoms with van der Waals surface area (Å²) in [6.07, 6.45) is 4.55. The molecule has 0 saturated carbocycles. The lowest BCUT2D eigenvalue weighted by Gasteiger charge is -2.08. The van der Waals surface area contributed by atoms with Crippen LogP contribution in [0.3, 0.4) is 0 Å². The Labute approximate surface area is 101 Å². The van der Waals surface area contributed by atoms with Gasteiger partial charge in [-0.05, 0) is 62.1 Å². The first kappa shape index (κ1) is 12.0. The van der Waals surface area contributed by atoms with E-state index >= 15 is 0 Å². The number of nitrogens with two attached hydrogens (primary N) is 1. The van der Waals surface area contributed by atoms with E-state index in [9.17, 15) is 4.39 Å². The molecule has 2 aromatic rings. The van der Waals surface area contributed by atoms with Gasteiger partial charge < -0.3 is 5.73 Å². The summed E-state index contributed by atoms with van der Waals surface area (Å²) < 4.78 is 13.5. The van der Waals surface area contributed by atoms with Gasteiger partial charge in [0.2, 0.25) is 0 Å². The largest absolute Gasteiger partial charge is 0.330 e. The Morgan fingerprint density at radius 1 is 1.29 bits per heavy atom. The summed E-state index contributed by atoms with van der Waals surface area (Å²) in [5.74, 6) is -0.184. The highest BCUT2D eigenvalue weighted by atomic mass is 19.1. The maximum Gasteiger partial charge on any atom is 0.124 e. The average Bonchev–Trinajstić information content (AvgIpc) is 2.31. The number of fused-ring (bicyclic) bond motifs is 1. The Hall–Kier alpha value is -1.48. The van der Waals surface area contributed by atoms with E-state index in [2.05, 4.69) is 4.98 Å². The van der Waals surface area contributed by atoms with Gasteiger partial charge in [0.1, 0.15) is 5.82 Å². The molecule has 0 bridgehead atoms. The van der Waals surface area contributed by atoms with Crippen molar-refractivity contribution in [3.63, 3.8) is 0 Å². The highest BCUT2D eigenvalue weighted by Gasteiger charge is 2.07. The fourth-order valence-electron chi connectivity index (χ4n) is 2.07. The topological polar surface area (TPSA) is 38.9 Å². The molecule has 3 heteroatoms. The SMILES string of the molecule is Cc1ccnc2c(CCCCN)cc(F)cc12. The summed E-state index contributed by atoms with van der Waals surface area (Å²) in [6, 6.07) is 5.06. The molecule has 0 aliphatic heterocycles. The van der Waals surface area contributed by atoms with Crippen LogP contribution in [0.4, 0.5) is 4.39 Å². The first-order valence-electron chi connectivity index (χ1n) is 5.96. The smallest absolute Gasteiger partial charge is 0.124 e. The molecule has 1 aromatic heterocycles. The Kier molecular flexibility index (Phi) is 3.69. The molecule has 1 heterocycles. The molecule has 0 aliphatic rings. The minimum absolute atomic E-state index is 0.184. The van der Waals surface area contributed by atoms with Crippen LogP contribution in [0.2, 0.25) is 0 Å². The van der Waals surface area contributed by atoms with Crippen LogP contribution in [0.1, 0.15) is 24.0 Å². The number of aryl methyl sites for hydroxylation is 2. The standard InChI is InChI=1S/C14H17FN2/c1-10-5-7-17-14-11(4-2-3-6-16)8-12(15)9-13(10)14/h5,7-9H,2-4,6,16H2,1H3. The normalized spacial score (nSPS) is 11.0. The lowest BCUT2D eigenvalue weighted by molar-refractivity contribution is 0.626. The van der Waals surface area contributed by atoms with Gasteiger partial charge in [-0.1, -0.05) is 0 Å². The molecule has 0 unspecified atom stereocenters. The van der Waals surface area contributed by atoms with E-state index in [1.54, 1.807) is 18.3 Å². The quantitative estimate of drug-likeness (QED) is 0.823. The fraction of sp³-hybridized carbons (Fsp3) is 0.357. The molecule has 0 fully saturated rings. The molecule has 0 saturated heterocycles. The zero-order valence-corrected chi connectivity index (χ0v) is 10.0. The van der Waals surface area contributed by atoms with Crippen LogP contribution < -0.4 is 5.73 Å². The number of halogens is 1. The predicted molar refractivity (Wildman–Crippen MR) is 68.4 cm³/mol. The minimum Gasteiger partial charge on any atom is -0.330 e. The van der Waals surface area contributed by atoms with Gasteiger partial charge in [0.05, 0.1) is 5.52 Å². The molecule has 0 spiro atoms. The highest BCUT2D eigenvalue weighted by molar-refractivity contribution is 5.84. The number of hydrogen-bond donors (Lipinski definition) is 1. The van der Waals surface area contributed by atoms with Gasteiger partial charge in [-0.3, -0.25) is 4.98 Å². The monoisotopic (exact) mass is 232 g/mol. The highest BCUT2D eigenvalue weighted by Crippen LogP contribution is 2.22. The second-order valence-corrected chi connectivity index (χ2v) is 4.33. The molecular weight excluding hydrogens is 215 g/mol. The molecule has 90 valence electrons. The Morgan fingerprint density at radius 3 is 2.88 bits per heavy atom. The lowest BCUT2D eigenvalue weighted by Crippen LogP contribution is -2.00. The molecule has 0 atom stereocenters. The van der Waals surface area contributed by atoms with Gasteiger partial charge in [0, 0.05) is 11.6 Å². The van der Waals surface area contributed by atoms with Gasteiger partial charge in [0.15, 0.2) is 0 Å². The average molecular weight is 232 g/mol. The van der Waals surface area contributed by atoms with Gasteiger partial charge in [-0.15, -0.1) is 0 Å². The fourth-order valence-corrected chi connectivity index (χ4v) is 2.07. The van der Waals surface area contributed by atoms with E-state index in [0.717, 1.165) is 41.3 Å². The third-order valence-electron chi connectivity index (χ3n) is 3.01. The number of rotatable bonds is 4. The van der Waals surface area contributed by atoms with Crippen molar-refractivity contribution in [1.82, 2.24) is 4.98 Å². The molecule has 1 aromatic carbocycles. The Morgan fingerprint density at radius 2 is 2.12 bits per heavy atom. The van der Waals surface area contributed by atoms with Crippen LogP contribution >= 0.6 is 0 Å². The molecule has 2 rings (SSSR count). The Balaban J connectivity index is 2.43. The number of aromatic nitrogens is 1. The van der Waals surface area contributed by atoms with Crippen molar-refractivity contribution in [2.75, 3.05) is 6.54 Å². The predicted octanol–water partition coefficient (Wildman–Crippen LogP) is 2.96. The summed E-state index contributed by atoms with van der Waals surface area (Å²) in [5.41, 5.74) is 8.44. The number of benzene rings is 1. The van der Waals surface area contributed by atoms with Crippen molar-refractivity contribution in [2.45, 2.75) is 26.2 Å². The van der Waals surface area contributed by atoms with E-state index in [1.807, 2.05) is 13.0 Å². The Bertz CT molecular complexity index is 523. The van der Waals surface area contributed by atoms with Crippen LogP contribution in [0.15, 0.2) is 24.4 Å². The number of hydrogen-bond acceptors (Lipinski definition) is 2. The zero-order chi connectivity index (χ0) is 12.3. The van der Waals surface area contributed by atoms with Crippen LogP contribution in [-0.2, 0) is 6.42 Å². The maximum atomic E-state index is 13.5. The van der Waals surface area contributed by atoms with Crippen molar-refractivity contribution in [3.8, 4) is 0 Å². The maximum absolute atomic E-state index is 13.5. The molecule has 0 amide bonds. The summed E-state index contributed by atoms with van der Waals surface area (Å²) in [6.45, 7) is 2.66. The second-order valence-electron chi connectivity index (χ2n) is 4.33. The second kappa shape index (κ2) is 5.23. The third kappa shape index (κ3) is 2.61. The van der Waals surface area contributed by atoms with Crippen molar-refractivity contribution < 1.29 is 4.39 Å². The molecule has 2 nitrogen and oxygen atoms in total. The first-order valence-corrected chi connectivity index (χ1v) is 5.96. The lowest BCUT2D eigenvalue weighted by atomic mass is 10.0. The van der Waals surface area contributed by atoms with Crippen LogP contribution in [0, 0.1) is 12.7 Å². The van der Waals surface area contributed by atoms with Crippen LogP contribution in [0.25, 0.3) is 10.9 Å². The molecule has 17 heavy (non-hydrogen) atoms. The van der Waals surface area contributed by atoms with Gasteiger partial charge >= 0.3 is 0 Å². The van der Waals surface area contributed by atoms with Gasteiger partial charge in [0.25, 0.3) is 0 Å². The summed E-state index contributed by atoms with van der Waals surface area (Å²) >= 11 is 0. The van der Waals surface area contributed by atoms with Crippen molar-refractivity contribution in [3.05, 3.63) is 41.3 Å². The van der Waals surface area contributed by atoms with Crippen LogP contribution in [-0.4, -0.2) is 11.5 Å². The first-order chi connectivity index (χ1) is 8.22. The number of pyridine rings is 1. The molecular formula is C14H17FN2. The summed E-state index contributed by atoms with van der Waals surface area (Å²) in [7, 11) is 0. The summed E-state index contributed by atoms with van der Waals surface area (Å²) in [5, 5.41) is 0.912. The summed E-state index contributed by atoms with van der Waals surface area (Å²) in [4.78, 5) is 4.36. The van der Waals surface area contributed by atoms with E-state index in [0.29, 0.717) is 6.54 Å². The van der Waals surface area contributed by atoms with Crippen molar-refractivity contribution >= 4 is 10.9 Å². The molecule has 0 aliphatic carbocycles. The zero-order valence-electron chi connectivity index (χ0n) is 10.0. The van der Waals surface area contributed by atoms with E-state index in [-0.39, 0.29) is 5.82 Å². The van der Waals surface area contributed by atoms with Gasteiger partial charge in [-0.25, -0.2) is 4.39 Å². The minimum atomic E-state index is -0.184. The molecule has 2 N–H and O–H groups in total. The van der Waals surface area contributed by atoms with Crippen molar-refractivity contribution in [1.29, 1.82) is 0 Å². The van der Waals surface area contributed by atoms with E-state index in [1.165, 1.54) is 0 Å². The third-order valence-corrected chi connectivity index (χ3v) is 3.01. The van der Waals surface area contributed by atoms with Crippen LogP contribution in [0.5, 0.6) is 0 Å².